The van der Waals surface area contributed by atoms with Crippen LogP contribution in [0.15, 0.2) is 30.3 Å². The Bertz CT molecular complexity index is 600. The van der Waals surface area contributed by atoms with Crippen molar-refractivity contribution in [1.82, 2.24) is 10.2 Å². The Kier molecular flexibility index (Phi) is 8.17. The molecule has 0 fully saturated rings. The minimum atomic E-state index is -0.656. The van der Waals surface area contributed by atoms with Crippen LogP contribution in [0.5, 0.6) is 0 Å². The Morgan fingerprint density at radius 1 is 1.28 bits per heavy atom. The van der Waals surface area contributed by atoms with Crippen molar-refractivity contribution in [1.29, 1.82) is 0 Å². The van der Waals surface area contributed by atoms with Crippen molar-refractivity contribution in [2.75, 3.05) is 13.6 Å². The van der Waals surface area contributed by atoms with Gasteiger partial charge in [0.15, 0.2) is 5.78 Å². The van der Waals surface area contributed by atoms with Crippen LogP contribution in [-0.4, -0.2) is 42.0 Å². The van der Waals surface area contributed by atoms with Crippen LogP contribution in [-0.2, 0) is 16.1 Å². The first kappa shape index (κ1) is 20.7. The zero-order valence-corrected chi connectivity index (χ0v) is 15.5. The monoisotopic (exact) mass is 344 g/mol. The molecule has 0 aliphatic rings. The van der Waals surface area contributed by atoms with Crippen LogP contribution in [0.2, 0.25) is 0 Å². The van der Waals surface area contributed by atoms with Gasteiger partial charge in [-0.3, -0.25) is 9.69 Å². The van der Waals surface area contributed by atoms with Gasteiger partial charge in [0.1, 0.15) is 11.6 Å². The number of rotatable bonds is 8. The van der Waals surface area contributed by atoms with Crippen molar-refractivity contribution in [2.24, 2.45) is 0 Å². The van der Waals surface area contributed by atoms with Gasteiger partial charge < -0.3 is 10.1 Å². The summed E-state index contributed by atoms with van der Waals surface area (Å²) in [7, 11) is 1.91. The third-order valence-corrected chi connectivity index (χ3v) is 3.38. The predicted molar refractivity (Wildman–Crippen MR) is 99.0 cm³/mol. The molecule has 1 atom stereocenters. The molecule has 1 aromatic rings. The number of carbonyl (C=O) groups excluding carboxylic acids is 2. The first-order chi connectivity index (χ1) is 11.7. The lowest BCUT2D eigenvalue weighted by molar-refractivity contribution is -0.121. The molecule has 1 amide bonds. The molecule has 5 nitrogen and oxygen atoms in total. The first-order valence-corrected chi connectivity index (χ1v) is 8.39. The van der Waals surface area contributed by atoms with E-state index in [1.54, 1.807) is 20.8 Å². The molecule has 1 N–H and O–H groups in total. The van der Waals surface area contributed by atoms with Crippen LogP contribution in [0.1, 0.15) is 39.2 Å². The maximum atomic E-state index is 12.4. The van der Waals surface area contributed by atoms with Gasteiger partial charge in [-0.05, 0) is 33.4 Å². The Hall–Kier alpha value is -2.32. The second-order valence-electron chi connectivity index (χ2n) is 7.05. The fourth-order valence-corrected chi connectivity index (χ4v) is 2.32. The van der Waals surface area contributed by atoms with E-state index in [1.165, 1.54) is 0 Å². The van der Waals surface area contributed by atoms with Crippen LogP contribution in [0, 0.1) is 12.3 Å². The highest BCUT2D eigenvalue weighted by atomic mass is 16.6. The molecule has 0 spiro atoms. The summed E-state index contributed by atoms with van der Waals surface area (Å²) < 4.78 is 5.26. The van der Waals surface area contributed by atoms with Gasteiger partial charge >= 0.3 is 6.09 Å². The normalized spacial score (nSPS) is 12.3. The number of nitrogens with zero attached hydrogens (tertiary/aromatic N) is 1. The van der Waals surface area contributed by atoms with Crippen molar-refractivity contribution in [3.63, 3.8) is 0 Å². The molecule has 5 heteroatoms. The lowest BCUT2D eigenvalue weighted by Gasteiger charge is -2.26. The molecule has 136 valence electrons. The minimum Gasteiger partial charge on any atom is -0.444 e. The molecule has 0 aliphatic carbocycles. The van der Waals surface area contributed by atoms with Gasteiger partial charge in [-0.1, -0.05) is 30.3 Å². The molecule has 0 aliphatic heterocycles. The summed E-state index contributed by atoms with van der Waals surface area (Å²) >= 11 is 0. The van der Waals surface area contributed by atoms with E-state index in [9.17, 15) is 9.59 Å². The van der Waals surface area contributed by atoms with Gasteiger partial charge in [-0.2, -0.15) is 0 Å². The second-order valence-corrected chi connectivity index (χ2v) is 7.05. The van der Waals surface area contributed by atoms with Crippen LogP contribution < -0.4 is 5.32 Å². The predicted octanol–water partition coefficient (Wildman–Crippen LogP) is 2.99. The van der Waals surface area contributed by atoms with Gasteiger partial charge in [0, 0.05) is 25.9 Å². The van der Waals surface area contributed by atoms with E-state index in [0.717, 1.165) is 5.56 Å². The average Bonchev–Trinajstić information content (AvgIpc) is 2.51. The maximum absolute atomic E-state index is 12.4. The van der Waals surface area contributed by atoms with Crippen molar-refractivity contribution in [3.05, 3.63) is 35.9 Å². The van der Waals surface area contributed by atoms with E-state index in [-0.39, 0.29) is 12.2 Å². The van der Waals surface area contributed by atoms with Crippen LogP contribution in [0.3, 0.4) is 0 Å². The molecular formula is C20H28N2O3. The van der Waals surface area contributed by atoms with E-state index >= 15 is 0 Å². The number of ether oxygens (including phenoxy) is 1. The topological polar surface area (TPSA) is 58.6 Å². The Balaban J connectivity index is 2.71. The third-order valence-electron chi connectivity index (χ3n) is 3.38. The number of terminal acetylenes is 1. The Labute approximate surface area is 150 Å². The Morgan fingerprint density at radius 3 is 2.48 bits per heavy atom. The van der Waals surface area contributed by atoms with Crippen molar-refractivity contribution >= 4 is 11.9 Å². The molecule has 0 saturated carbocycles. The number of nitrogens with one attached hydrogen (secondary N) is 1. The molecule has 1 rings (SSSR count). The quantitative estimate of drug-likeness (QED) is 0.737. The van der Waals surface area contributed by atoms with Gasteiger partial charge in [-0.25, -0.2) is 4.79 Å². The van der Waals surface area contributed by atoms with Gasteiger partial charge in [-0.15, -0.1) is 12.3 Å². The maximum Gasteiger partial charge on any atom is 0.408 e. The number of hydrogen-bond donors (Lipinski definition) is 1. The fraction of sp³-hybridized carbons (Fsp3) is 0.500. The SMILES string of the molecule is C#CCCC(=O)C(CN(C)Cc1ccccc1)NC(=O)OC(C)(C)C. The average molecular weight is 344 g/mol. The van der Waals surface area contributed by atoms with Gasteiger partial charge in [0.2, 0.25) is 0 Å². The van der Waals surface area contributed by atoms with E-state index < -0.39 is 17.7 Å². The summed E-state index contributed by atoms with van der Waals surface area (Å²) in [6.07, 6.45) is 5.23. The van der Waals surface area contributed by atoms with Crippen LogP contribution >= 0.6 is 0 Å². The number of benzene rings is 1. The van der Waals surface area contributed by atoms with Gasteiger partial charge in [0.05, 0.1) is 0 Å². The van der Waals surface area contributed by atoms with E-state index in [1.807, 2.05) is 42.3 Å². The summed E-state index contributed by atoms with van der Waals surface area (Å²) in [4.78, 5) is 26.4. The third kappa shape index (κ3) is 8.92. The highest BCUT2D eigenvalue weighted by molar-refractivity contribution is 5.87. The second kappa shape index (κ2) is 9.85. The molecule has 0 heterocycles. The molecule has 0 radical (unpaired) electrons. The summed E-state index contributed by atoms with van der Waals surface area (Å²) in [5.74, 6) is 2.37. The van der Waals surface area contributed by atoms with Crippen molar-refractivity contribution in [3.8, 4) is 12.3 Å². The Morgan fingerprint density at radius 2 is 1.92 bits per heavy atom. The molecule has 1 unspecified atom stereocenters. The number of Topliss-reactive ketones (excluding diaryl/α,β-unsaturated/α-hetero) is 1. The van der Waals surface area contributed by atoms with Crippen molar-refractivity contribution in [2.45, 2.75) is 51.8 Å². The summed E-state index contributed by atoms with van der Waals surface area (Å²) in [6.45, 7) is 6.41. The molecule has 1 aromatic carbocycles. The summed E-state index contributed by atoms with van der Waals surface area (Å²) in [5.41, 5.74) is 0.518. The summed E-state index contributed by atoms with van der Waals surface area (Å²) in [6, 6.07) is 9.28. The van der Waals surface area contributed by atoms with Crippen LogP contribution in [0.4, 0.5) is 4.79 Å². The van der Waals surface area contributed by atoms with E-state index in [2.05, 4.69) is 11.2 Å². The molecule has 25 heavy (non-hydrogen) atoms. The number of amides is 1. The molecule has 0 aromatic heterocycles. The highest BCUT2D eigenvalue weighted by Crippen LogP contribution is 2.09. The number of ketones is 1. The first-order valence-electron chi connectivity index (χ1n) is 8.39. The lowest BCUT2D eigenvalue weighted by atomic mass is 10.1. The van der Waals surface area contributed by atoms with E-state index in [0.29, 0.717) is 19.5 Å². The van der Waals surface area contributed by atoms with Crippen molar-refractivity contribution < 1.29 is 14.3 Å². The largest absolute Gasteiger partial charge is 0.444 e. The smallest absolute Gasteiger partial charge is 0.408 e. The number of carbonyl (C=O) groups is 2. The zero-order valence-electron chi connectivity index (χ0n) is 15.5. The standard InChI is InChI=1S/C20H28N2O3/c1-6-7-13-18(23)17(21-19(24)25-20(2,3)4)15-22(5)14-16-11-9-8-10-12-16/h1,8-12,17H,7,13-15H2,2-5H3,(H,21,24). The molecule has 0 bridgehead atoms. The number of hydrogen-bond acceptors (Lipinski definition) is 4. The lowest BCUT2D eigenvalue weighted by Crippen LogP contribution is -2.49. The number of likely N-dealkylation sites (N-methyl/N-ethyl adjacent to an activating group) is 1. The minimum absolute atomic E-state index is 0.0938. The highest BCUT2D eigenvalue weighted by Gasteiger charge is 2.25. The fourth-order valence-electron chi connectivity index (χ4n) is 2.32. The molecular weight excluding hydrogens is 316 g/mol. The summed E-state index contributed by atoms with van der Waals surface area (Å²) in [5, 5.41) is 2.68. The zero-order chi connectivity index (χ0) is 18.9. The van der Waals surface area contributed by atoms with Crippen LogP contribution in [0.25, 0.3) is 0 Å². The van der Waals surface area contributed by atoms with Gasteiger partial charge in [0.25, 0.3) is 0 Å². The number of alkyl carbamates (subject to hydrolysis) is 1. The molecule has 0 saturated heterocycles. The van der Waals surface area contributed by atoms with E-state index in [4.69, 9.17) is 11.2 Å².